The van der Waals surface area contributed by atoms with Crippen LogP contribution in [0.2, 0.25) is 0 Å². The fourth-order valence-corrected chi connectivity index (χ4v) is 4.66. The molecule has 0 bridgehead atoms. The molecule has 0 unspecified atom stereocenters. The first-order valence-electron chi connectivity index (χ1n) is 12.3. The fraction of sp³-hybridized carbons (Fsp3) is 0.241. The van der Waals surface area contributed by atoms with Crippen molar-refractivity contribution < 1.29 is 24.7 Å². The molecular formula is C29H29N3O6. The van der Waals surface area contributed by atoms with Crippen LogP contribution in [0, 0.1) is 16.0 Å². The molecule has 2 amide bonds. The molecule has 1 aliphatic heterocycles. The van der Waals surface area contributed by atoms with Crippen molar-refractivity contribution in [2.45, 2.75) is 25.5 Å². The van der Waals surface area contributed by atoms with E-state index in [1.165, 1.54) is 28.0 Å². The molecule has 196 valence electrons. The van der Waals surface area contributed by atoms with Crippen molar-refractivity contribution in [3.8, 4) is 0 Å². The third-order valence-electron chi connectivity index (χ3n) is 6.70. The predicted octanol–water partition coefficient (Wildman–Crippen LogP) is 4.06. The van der Waals surface area contributed by atoms with Gasteiger partial charge < -0.3 is 15.1 Å². The summed E-state index contributed by atoms with van der Waals surface area (Å²) in [5.41, 5.74) is -0.368. The molecule has 0 aliphatic carbocycles. The van der Waals surface area contributed by atoms with Crippen LogP contribution < -0.4 is 4.90 Å². The molecule has 9 nitrogen and oxygen atoms in total. The standard InChI is InChI=1S/C29H29N3O6/c1-21(9-8-14-27(34)30(17-18-33)20-22-10-4-2-5-11-22)29(36)25-19-24(32(37)38)15-16-26(25)31(28(29)35)23-12-6-3-7-13-23/h2-13,15-16,19,21,33,36H,14,17-18,20H2,1H3/b9-8+/t21-,29+/m0/s1. The first-order valence-corrected chi connectivity index (χ1v) is 12.3. The Kier molecular flexibility index (Phi) is 7.99. The zero-order chi connectivity index (χ0) is 27.3. The predicted molar refractivity (Wildman–Crippen MR) is 142 cm³/mol. The molecule has 9 heteroatoms. The Labute approximate surface area is 220 Å². The second-order valence-corrected chi connectivity index (χ2v) is 9.15. The van der Waals surface area contributed by atoms with Crippen LogP contribution in [0.15, 0.2) is 91.0 Å². The average Bonchev–Trinajstić information content (AvgIpc) is 3.16. The summed E-state index contributed by atoms with van der Waals surface area (Å²) in [6.07, 6.45) is 3.15. The Balaban J connectivity index is 1.59. The number of para-hydroxylation sites is 1. The van der Waals surface area contributed by atoms with Crippen LogP contribution in [0.5, 0.6) is 0 Å². The van der Waals surface area contributed by atoms with E-state index in [1.54, 1.807) is 49.4 Å². The van der Waals surface area contributed by atoms with Crippen molar-refractivity contribution in [1.29, 1.82) is 0 Å². The second kappa shape index (κ2) is 11.4. The number of rotatable bonds is 10. The van der Waals surface area contributed by atoms with Crippen molar-refractivity contribution in [2.24, 2.45) is 5.92 Å². The van der Waals surface area contributed by atoms with Crippen molar-refractivity contribution in [2.75, 3.05) is 18.1 Å². The minimum absolute atomic E-state index is 0.00830. The monoisotopic (exact) mass is 515 g/mol. The molecular weight excluding hydrogens is 486 g/mol. The molecule has 0 fully saturated rings. The number of carbonyl (C=O) groups is 2. The molecule has 2 N–H and O–H groups in total. The Morgan fingerprint density at radius 2 is 1.76 bits per heavy atom. The lowest BCUT2D eigenvalue weighted by Gasteiger charge is -2.27. The number of amides is 2. The van der Waals surface area contributed by atoms with E-state index < -0.39 is 22.3 Å². The number of carbonyl (C=O) groups excluding carboxylic acids is 2. The van der Waals surface area contributed by atoms with Crippen molar-refractivity contribution in [1.82, 2.24) is 4.90 Å². The maximum Gasteiger partial charge on any atom is 0.269 e. The summed E-state index contributed by atoms with van der Waals surface area (Å²) in [6, 6.07) is 22.2. The van der Waals surface area contributed by atoms with Gasteiger partial charge in [-0.2, -0.15) is 0 Å². The highest BCUT2D eigenvalue weighted by molar-refractivity contribution is 6.12. The molecule has 0 aromatic heterocycles. The van der Waals surface area contributed by atoms with E-state index in [4.69, 9.17) is 0 Å². The number of non-ortho nitro benzene ring substituents is 1. The van der Waals surface area contributed by atoms with Gasteiger partial charge in [-0.3, -0.25) is 24.6 Å². The fourth-order valence-electron chi connectivity index (χ4n) is 4.66. The van der Waals surface area contributed by atoms with Crippen molar-refractivity contribution in [3.63, 3.8) is 0 Å². The number of hydrogen-bond donors (Lipinski definition) is 2. The Morgan fingerprint density at radius 1 is 1.11 bits per heavy atom. The van der Waals surface area contributed by atoms with Crippen LogP contribution in [0.4, 0.5) is 17.1 Å². The molecule has 0 radical (unpaired) electrons. The van der Waals surface area contributed by atoms with Gasteiger partial charge in [0.05, 0.1) is 17.2 Å². The van der Waals surface area contributed by atoms with E-state index in [-0.39, 0.29) is 36.7 Å². The van der Waals surface area contributed by atoms with Gasteiger partial charge in [-0.15, -0.1) is 0 Å². The summed E-state index contributed by atoms with van der Waals surface area (Å²) in [5, 5.41) is 32.7. The minimum Gasteiger partial charge on any atom is -0.395 e. The third-order valence-corrected chi connectivity index (χ3v) is 6.70. The maximum atomic E-state index is 13.7. The van der Waals surface area contributed by atoms with Crippen LogP contribution in [-0.2, 0) is 21.7 Å². The molecule has 0 saturated carbocycles. The number of nitrogens with zero attached hydrogens (tertiary/aromatic N) is 3. The topological polar surface area (TPSA) is 124 Å². The second-order valence-electron chi connectivity index (χ2n) is 9.15. The number of aliphatic hydroxyl groups excluding tert-OH is 1. The first-order chi connectivity index (χ1) is 18.3. The molecule has 4 rings (SSSR count). The van der Waals surface area contributed by atoms with Gasteiger partial charge in [0.2, 0.25) is 5.91 Å². The van der Waals surface area contributed by atoms with Gasteiger partial charge in [-0.05, 0) is 23.8 Å². The Morgan fingerprint density at radius 3 is 2.39 bits per heavy atom. The van der Waals surface area contributed by atoms with E-state index >= 15 is 0 Å². The van der Waals surface area contributed by atoms with E-state index in [9.17, 15) is 29.9 Å². The van der Waals surface area contributed by atoms with Gasteiger partial charge in [0.1, 0.15) is 0 Å². The average molecular weight is 516 g/mol. The van der Waals surface area contributed by atoms with Crippen LogP contribution in [-0.4, -0.2) is 45.0 Å². The number of nitro groups is 1. The van der Waals surface area contributed by atoms with E-state index in [2.05, 4.69) is 0 Å². The number of fused-ring (bicyclic) bond motifs is 1. The number of hydrogen-bond acceptors (Lipinski definition) is 6. The normalized spacial score (nSPS) is 17.4. The molecule has 0 spiro atoms. The molecule has 2 atom stereocenters. The molecule has 0 saturated heterocycles. The van der Waals surface area contributed by atoms with Gasteiger partial charge in [0.25, 0.3) is 11.6 Å². The van der Waals surface area contributed by atoms with Crippen LogP contribution in [0.3, 0.4) is 0 Å². The van der Waals surface area contributed by atoms with Gasteiger partial charge in [-0.1, -0.05) is 67.6 Å². The van der Waals surface area contributed by atoms with E-state index in [0.29, 0.717) is 17.9 Å². The Bertz CT molecular complexity index is 1340. The highest BCUT2D eigenvalue weighted by Crippen LogP contribution is 2.49. The molecule has 3 aromatic rings. The third kappa shape index (κ3) is 5.20. The summed E-state index contributed by atoms with van der Waals surface area (Å²) >= 11 is 0. The largest absolute Gasteiger partial charge is 0.395 e. The zero-order valence-electron chi connectivity index (χ0n) is 20.9. The number of anilines is 2. The number of aliphatic hydroxyl groups is 2. The smallest absolute Gasteiger partial charge is 0.269 e. The number of benzene rings is 3. The minimum atomic E-state index is -2.08. The van der Waals surface area contributed by atoms with Crippen molar-refractivity contribution >= 4 is 28.9 Å². The lowest BCUT2D eigenvalue weighted by molar-refractivity contribution is -0.385. The summed E-state index contributed by atoms with van der Waals surface area (Å²) in [6.45, 7) is 1.96. The van der Waals surface area contributed by atoms with E-state index in [1.807, 2.05) is 30.3 Å². The summed E-state index contributed by atoms with van der Waals surface area (Å²) in [5.74, 6) is -1.66. The molecule has 1 heterocycles. The van der Waals surface area contributed by atoms with Crippen LogP contribution >= 0.6 is 0 Å². The van der Waals surface area contributed by atoms with Crippen LogP contribution in [0.25, 0.3) is 0 Å². The van der Waals surface area contributed by atoms with Gasteiger partial charge in [0.15, 0.2) is 5.60 Å². The summed E-state index contributed by atoms with van der Waals surface area (Å²) in [7, 11) is 0. The zero-order valence-corrected chi connectivity index (χ0v) is 20.9. The van der Waals surface area contributed by atoms with Gasteiger partial charge in [-0.25, -0.2) is 0 Å². The first kappa shape index (κ1) is 26.7. The quantitative estimate of drug-likeness (QED) is 0.238. The van der Waals surface area contributed by atoms with Crippen molar-refractivity contribution in [3.05, 3.63) is 112 Å². The van der Waals surface area contributed by atoms with Gasteiger partial charge >= 0.3 is 0 Å². The van der Waals surface area contributed by atoms with Crippen LogP contribution in [0.1, 0.15) is 24.5 Å². The lowest BCUT2D eigenvalue weighted by Crippen LogP contribution is -2.42. The summed E-state index contributed by atoms with van der Waals surface area (Å²) in [4.78, 5) is 40.3. The number of nitro benzene ring substituents is 1. The Hall–Kier alpha value is -4.34. The van der Waals surface area contributed by atoms with Gasteiger partial charge in [0, 0.05) is 48.8 Å². The lowest BCUT2D eigenvalue weighted by atomic mass is 9.82. The SMILES string of the molecule is C[C@@H](/C=C/CC(=O)N(CCO)Cc1ccccc1)[C@]1(O)C(=O)N(c2ccccc2)c2ccc([N+](=O)[O-])cc21. The maximum absolute atomic E-state index is 13.7. The van der Waals surface area contributed by atoms with E-state index in [0.717, 1.165) is 5.56 Å². The highest BCUT2D eigenvalue weighted by atomic mass is 16.6. The summed E-state index contributed by atoms with van der Waals surface area (Å²) < 4.78 is 0. The molecule has 1 aliphatic rings. The molecule has 3 aromatic carbocycles. The molecule has 38 heavy (non-hydrogen) atoms. The highest BCUT2D eigenvalue weighted by Gasteiger charge is 2.53.